The molecular formula is C26H29F2N7O2. The van der Waals surface area contributed by atoms with Crippen LogP contribution in [0.3, 0.4) is 0 Å². The highest BCUT2D eigenvalue weighted by atomic mass is 19.3. The third kappa shape index (κ3) is 5.31. The number of morpholine rings is 1. The van der Waals surface area contributed by atoms with E-state index in [0.29, 0.717) is 49.7 Å². The van der Waals surface area contributed by atoms with Gasteiger partial charge in [0.05, 0.1) is 31.4 Å². The van der Waals surface area contributed by atoms with Gasteiger partial charge in [-0.05, 0) is 44.0 Å². The maximum atomic E-state index is 14.1. The van der Waals surface area contributed by atoms with Crippen LogP contribution in [0.4, 0.5) is 20.7 Å². The molecule has 37 heavy (non-hydrogen) atoms. The molecule has 0 atom stereocenters. The lowest BCUT2D eigenvalue weighted by Gasteiger charge is -2.30. The largest absolute Gasteiger partial charge is 0.496 e. The molecule has 9 nitrogen and oxygen atoms in total. The van der Waals surface area contributed by atoms with E-state index >= 15 is 0 Å². The number of aromatic nitrogens is 5. The molecule has 2 aromatic heterocycles. The van der Waals surface area contributed by atoms with E-state index in [0.717, 1.165) is 11.3 Å². The first-order chi connectivity index (χ1) is 17.8. The Morgan fingerprint density at radius 3 is 2.43 bits per heavy atom. The summed E-state index contributed by atoms with van der Waals surface area (Å²) < 4.78 is 40.5. The molecule has 0 spiro atoms. The molecule has 3 heterocycles. The van der Waals surface area contributed by atoms with E-state index in [1.807, 2.05) is 43.0 Å². The highest BCUT2D eigenvalue weighted by Crippen LogP contribution is 2.29. The molecule has 1 aliphatic heterocycles. The average molecular weight is 510 g/mol. The molecular weight excluding hydrogens is 480 g/mol. The summed E-state index contributed by atoms with van der Waals surface area (Å²) in [5.41, 5.74) is 1.46. The Morgan fingerprint density at radius 2 is 1.68 bits per heavy atom. The highest BCUT2D eigenvalue weighted by Gasteiger charge is 2.27. The van der Waals surface area contributed by atoms with Gasteiger partial charge in [0.2, 0.25) is 17.8 Å². The summed E-state index contributed by atoms with van der Waals surface area (Å²) in [5.74, 6) is 1.12. The van der Waals surface area contributed by atoms with E-state index < -0.39 is 17.8 Å². The number of para-hydroxylation sites is 3. The maximum absolute atomic E-state index is 14.1. The Morgan fingerprint density at radius 1 is 0.973 bits per heavy atom. The Kier molecular flexibility index (Phi) is 6.88. The van der Waals surface area contributed by atoms with E-state index in [-0.39, 0.29) is 11.9 Å². The molecule has 1 saturated heterocycles. The average Bonchev–Trinajstić information content (AvgIpc) is 3.29. The first-order valence-electron chi connectivity index (χ1n) is 12.1. The fourth-order valence-corrected chi connectivity index (χ4v) is 4.49. The SMILES string of the molecule is COc1ccccc1CC(C)(C)Nc1nc(N2CCOCC2)nc(-n2c(C(F)F)nc3ccccc32)n1. The molecule has 1 N–H and O–H groups in total. The highest BCUT2D eigenvalue weighted by molar-refractivity contribution is 5.77. The van der Waals surface area contributed by atoms with Crippen molar-refractivity contribution >= 4 is 22.9 Å². The zero-order valence-corrected chi connectivity index (χ0v) is 21.0. The second kappa shape index (κ2) is 10.3. The van der Waals surface area contributed by atoms with Crippen molar-refractivity contribution in [3.63, 3.8) is 0 Å². The van der Waals surface area contributed by atoms with E-state index in [2.05, 4.69) is 25.3 Å². The quantitative estimate of drug-likeness (QED) is 0.373. The number of nitrogens with one attached hydrogen (secondary N) is 1. The molecule has 4 aromatic rings. The monoisotopic (exact) mass is 509 g/mol. The first kappa shape index (κ1) is 24.8. The Bertz CT molecular complexity index is 1390. The summed E-state index contributed by atoms with van der Waals surface area (Å²) in [6.45, 7) is 6.27. The molecule has 1 fully saturated rings. The van der Waals surface area contributed by atoms with Gasteiger partial charge in [-0.25, -0.2) is 13.8 Å². The molecule has 0 amide bonds. The summed E-state index contributed by atoms with van der Waals surface area (Å²) in [6.07, 6.45) is -2.20. The van der Waals surface area contributed by atoms with Gasteiger partial charge in [-0.15, -0.1) is 0 Å². The van der Waals surface area contributed by atoms with Crippen LogP contribution in [0.25, 0.3) is 17.0 Å². The number of halogens is 2. The third-order valence-corrected chi connectivity index (χ3v) is 6.16. The molecule has 5 rings (SSSR count). The lowest BCUT2D eigenvalue weighted by molar-refractivity contribution is 0.122. The fraction of sp³-hybridized carbons (Fsp3) is 0.385. The van der Waals surface area contributed by atoms with Crippen LogP contribution in [-0.4, -0.2) is 63.5 Å². The topological polar surface area (TPSA) is 90.2 Å². The molecule has 11 heteroatoms. The van der Waals surface area contributed by atoms with Crippen molar-refractivity contribution in [2.75, 3.05) is 43.6 Å². The van der Waals surface area contributed by atoms with E-state index in [1.54, 1.807) is 31.4 Å². The van der Waals surface area contributed by atoms with Crippen LogP contribution >= 0.6 is 0 Å². The molecule has 0 saturated carbocycles. The van der Waals surface area contributed by atoms with Gasteiger partial charge in [0.1, 0.15) is 5.75 Å². The number of hydrogen-bond acceptors (Lipinski definition) is 8. The molecule has 1 aliphatic rings. The summed E-state index contributed by atoms with van der Waals surface area (Å²) in [6, 6.07) is 14.8. The summed E-state index contributed by atoms with van der Waals surface area (Å²) in [5, 5.41) is 3.40. The molecule has 0 radical (unpaired) electrons. The minimum absolute atomic E-state index is 0.0797. The third-order valence-electron chi connectivity index (χ3n) is 6.16. The van der Waals surface area contributed by atoms with Crippen molar-refractivity contribution < 1.29 is 18.3 Å². The normalized spacial score (nSPS) is 14.4. The number of ether oxygens (including phenoxy) is 2. The van der Waals surface area contributed by atoms with Crippen molar-refractivity contribution in [1.29, 1.82) is 0 Å². The Balaban J connectivity index is 1.58. The number of fused-ring (bicyclic) bond motifs is 1. The van der Waals surface area contributed by atoms with E-state index in [1.165, 1.54) is 4.57 Å². The van der Waals surface area contributed by atoms with Gasteiger partial charge in [-0.3, -0.25) is 4.57 Å². The number of nitrogens with zero attached hydrogens (tertiary/aromatic N) is 6. The molecule has 0 bridgehead atoms. The van der Waals surface area contributed by atoms with Crippen molar-refractivity contribution in [2.24, 2.45) is 0 Å². The van der Waals surface area contributed by atoms with Gasteiger partial charge in [-0.2, -0.15) is 15.0 Å². The van der Waals surface area contributed by atoms with Gasteiger partial charge >= 0.3 is 0 Å². The van der Waals surface area contributed by atoms with E-state index in [9.17, 15) is 8.78 Å². The van der Waals surface area contributed by atoms with Crippen molar-refractivity contribution in [1.82, 2.24) is 24.5 Å². The predicted molar refractivity (Wildman–Crippen MR) is 137 cm³/mol. The number of anilines is 2. The zero-order valence-electron chi connectivity index (χ0n) is 21.0. The summed E-state index contributed by atoms with van der Waals surface area (Å²) >= 11 is 0. The number of alkyl halides is 2. The predicted octanol–water partition coefficient (Wildman–Crippen LogP) is 4.43. The smallest absolute Gasteiger partial charge is 0.296 e. The number of imidazole rings is 1. The second-order valence-electron chi connectivity index (χ2n) is 9.45. The maximum Gasteiger partial charge on any atom is 0.296 e. The van der Waals surface area contributed by atoms with Gasteiger partial charge < -0.3 is 19.7 Å². The van der Waals surface area contributed by atoms with Crippen LogP contribution in [-0.2, 0) is 11.2 Å². The molecule has 194 valence electrons. The van der Waals surface area contributed by atoms with Crippen LogP contribution in [0.5, 0.6) is 5.75 Å². The van der Waals surface area contributed by atoms with Crippen LogP contribution in [0.2, 0.25) is 0 Å². The van der Waals surface area contributed by atoms with Gasteiger partial charge in [0, 0.05) is 18.6 Å². The zero-order chi connectivity index (χ0) is 26.0. The van der Waals surface area contributed by atoms with Gasteiger partial charge in [-0.1, -0.05) is 30.3 Å². The van der Waals surface area contributed by atoms with Crippen molar-refractivity contribution in [3.8, 4) is 11.7 Å². The number of methoxy groups -OCH3 is 1. The van der Waals surface area contributed by atoms with Gasteiger partial charge in [0.25, 0.3) is 6.43 Å². The van der Waals surface area contributed by atoms with Crippen molar-refractivity contribution in [3.05, 3.63) is 59.9 Å². The Hall–Kier alpha value is -3.86. The fourth-order valence-electron chi connectivity index (χ4n) is 4.49. The second-order valence-corrected chi connectivity index (χ2v) is 9.45. The van der Waals surface area contributed by atoms with Crippen LogP contribution in [0.1, 0.15) is 31.7 Å². The number of benzene rings is 2. The van der Waals surface area contributed by atoms with E-state index in [4.69, 9.17) is 9.47 Å². The minimum atomic E-state index is -2.81. The first-order valence-corrected chi connectivity index (χ1v) is 12.1. The summed E-state index contributed by atoms with van der Waals surface area (Å²) in [7, 11) is 1.64. The lowest BCUT2D eigenvalue weighted by atomic mass is 9.94. The van der Waals surface area contributed by atoms with Crippen LogP contribution in [0.15, 0.2) is 48.5 Å². The van der Waals surface area contributed by atoms with Crippen LogP contribution in [0, 0.1) is 0 Å². The number of rotatable bonds is 8. The molecule has 0 unspecified atom stereocenters. The van der Waals surface area contributed by atoms with Crippen molar-refractivity contribution in [2.45, 2.75) is 32.2 Å². The Labute approximate surface area is 213 Å². The number of hydrogen-bond donors (Lipinski definition) is 1. The lowest BCUT2D eigenvalue weighted by Crippen LogP contribution is -2.39. The van der Waals surface area contributed by atoms with Gasteiger partial charge in [0.15, 0.2) is 5.82 Å². The molecule has 2 aromatic carbocycles. The molecule has 0 aliphatic carbocycles. The minimum Gasteiger partial charge on any atom is -0.496 e. The summed E-state index contributed by atoms with van der Waals surface area (Å²) in [4.78, 5) is 20.0. The standard InChI is InChI=1S/C26H29F2N7O2/c1-26(2,16-17-8-4-7-11-20(17)36-3)33-23-30-24(34-12-14-37-15-13-34)32-25(31-23)35-19-10-6-5-9-18(19)29-22(35)21(27)28/h4-11,21H,12-16H2,1-3H3,(H,30,31,32,33). The van der Waals surface area contributed by atoms with Crippen LogP contribution < -0.4 is 15.0 Å².